The fraction of sp³-hybridized carbons (Fsp3) is 0.909. The molecule has 1 aliphatic rings. The van der Waals surface area contributed by atoms with Crippen LogP contribution in [0.3, 0.4) is 0 Å². The van der Waals surface area contributed by atoms with E-state index < -0.39 is 17.5 Å². The number of hydrogen-bond donors (Lipinski definition) is 0. The molecule has 1 aliphatic heterocycles. The summed E-state index contributed by atoms with van der Waals surface area (Å²) in [5.74, 6) is -0.630. The predicted molar refractivity (Wildman–Crippen MR) is 64.3 cm³/mol. The van der Waals surface area contributed by atoms with E-state index in [0.29, 0.717) is 18.2 Å². The number of ether oxygens (including phenoxy) is 3. The summed E-state index contributed by atoms with van der Waals surface area (Å²) in [7, 11) is 2.74. The van der Waals surface area contributed by atoms with E-state index in [1.54, 1.807) is 20.8 Å². The van der Waals surface area contributed by atoms with E-state index in [-0.39, 0.29) is 0 Å². The van der Waals surface area contributed by atoms with Crippen LogP contribution in [0, 0.1) is 5.92 Å². The fourth-order valence-electron chi connectivity index (χ4n) is 1.25. The van der Waals surface area contributed by atoms with Gasteiger partial charge in [-0.05, 0) is 25.4 Å². The van der Waals surface area contributed by atoms with E-state index in [1.165, 1.54) is 0 Å². The molecule has 0 aromatic rings. The molecule has 94 valence electrons. The van der Waals surface area contributed by atoms with Gasteiger partial charge in [-0.3, -0.25) is 0 Å². The van der Waals surface area contributed by atoms with Gasteiger partial charge in [0.25, 0.3) is 5.79 Å². The summed E-state index contributed by atoms with van der Waals surface area (Å²) < 4.78 is 15.9. The summed E-state index contributed by atoms with van der Waals surface area (Å²) in [6, 6.07) is 0. The molecule has 4 unspecified atom stereocenters. The molecule has 16 heavy (non-hydrogen) atoms. The summed E-state index contributed by atoms with van der Waals surface area (Å²) in [5, 5.41) is 0. The van der Waals surface area contributed by atoms with Crippen LogP contribution in [-0.4, -0.2) is 29.8 Å². The Labute approximate surface area is 99.2 Å². The molecular weight excluding hydrogens is 227 g/mol. The Morgan fingerprint density at radius 2 is 1.88 bits per heavy atom. The van der Waals surface area contributed by atoms with Crippen molar-refractivity contribution >= 4 is 15.4 Å². The number of cyclic esters (lactones) is 2. The minimum absolute atomic E-state index is 0.372. The van der Waals surface area contributed by atoms with Gasteiger partial charge in [-0.2, -0.15) is 0 Å². The second-order valence-electron chi connectivity index (χ2n) is 5.06. The van der Waals surface area contributed by atoms with Crippen molar-refractivity contribution in [3.8, 4) is 0 Å². The zero-order chi connectivity index (χ0) is 12.6. The van der Waals surface area contributed by atoms with Gasteiger partial charge in [0, 0.05) is 6.92 Å². The van der Waals surface area contributed by atoms with Crippen LogP contribution in [0.25, 0.3) is 0 Å². The van der Waals surface area contributed by atoms with Gasteiger partial charge < -0.3 is 14.2 Å². The third-order valence-corrected chi connectivity index (χ3v) is 3.89. The van der Waals surface area contributed by atoms with Gasteiger partial charge in [0.1, 0.15) is 0 Å². The average Bonchev–Trinajstić information content (AvgIpc) is 2.31. The van der Waals surface area contributed by atoms with E-state index in [4.69, 9.17) is 14.2 Å². The molecule has 4 atom stereocenters. The third-order valence-electron chi connectivity index (χ3n) is 3.23. The molecule has 0 N–H and O–H groups in total. The second-order valence-corrected chi connectivity index (χ2v) is 6.11. The van der Waals surface area contributed by atoms with Crippen molar-refractivity contribution in [3.05, 3.63) is 0 Å². The molecule has 0 bridgehead atoms. The van der Waals surface area contributed by atoms with E-state index in [0.717, 1.165) is 0 Å². The fourth-order valence-corrected chi connectivity index (χ4v) is 1.36. The maximum Gasteiger partial charge on any atom is 0.511 e. The van der Waals surface area contributed by atoms with Gasteiger partial charge in [0.05, 0.1) is 6.61 Å². The van der Waals surface area contributed by atoms with Crippen molar-refractivity contribution in [2.75, 3.05) is 6.61 Å². The monoisotopic (exact) mass is 248 g/mol. The van der Waals surface area contributed by atoms with E-state index in [2.05, 4.69) is 23.1 Å². The quantitative estimate of drug-likeness (QED) is 0.566. The lowest BCUT2D eigenvalue weighted by atomic mass is 9.99. The van der Waals surface area contributed by atoms with Gasteiger partial charge in [-0.1, -0.05) is 13.8 Å². The van der Waals surface area contributed by atoms with Crippen molar-refractivity contribution in [2.45, 2.75) is 51.7 Å². The molecule has 1 rings (SSSR count). The van der Waals surface area contributed by atoms with Gasteiger partial charge >= 0.3 is 6.16 Å². The van der Waals surface area contributed by atoms with Crippen LogP contribution in [0.15, 0.2) is 0 Å². The number of carbonyl (C=O) groups excluding carboxylic acids is 1. The van der Waals surface area contributed by atoms with Crippen LogP contribution in [0.1, 0.15) is 34.6 Å². The summed E-state index contributed by atoms with van der Waals surface area (Å²) in [4.78, 5) is 11.1. The maximum atomic E-state index is 11.1. The van der Waals surface area contributed by atoms with Gasteiger partial charge in [0.15, 0.2) is 5.60 Å². The summed E-state index contributed by atoms with van der Waals surface area (Å²) in [5.41, 5.74) is -0.307. The van der Waals surface area contributed by atoms with E-state index in [9.17, 15) is 4.79 Å². The normalized spacial score (nSPS) is 31.8. The first-order valence-electron chi connectivity index (χ1n) is 5.49. The highest BCUT2D eigenvalue weighted by atomic mass is 31.0. The van der Waals surface area contributed by atoms with Crippen LogP contribution in [-0.2, 0) is 14.2 Å². The molecule has 0 saturated carbocycles. The Kier molecular flexibility index (Phi) is 3.86. The van der Waals surface area contributed by atoms with Crippen molar-refractivity contribution < 1.29 is 19.0 Å². The Morgan fingerprint density at radius 3 is 2.25 bits per heavy atom. The smallest absolute Gasteiger partial charge is 0.421 e. The zero-order valence-corrected chi connectivity index (χ0v) is 11.7. The van der Waals surface area contributed by atoms with Crippen LogP contribution in [0.2, 0.25) is 0 Å². The first kappa shape index (κ1) is 13.7. The number of carbonyl (C=O) groups is 1. The Hall–Kier alpha value is -0.340. The minimum atomic E-state index is -1.00. The van der Waals surface area contributed by atoms with Crippen LogP contribution in [0.4, 0.5) is 4.79 Å². The first-order chi connectivity index (χ1) is 7.18. The molecular formula is C11H21O4P. The summed E-state index contributed by atoms with van der Waals surface area (Å²) in [6.07, 6.45) is -0.668. The lowest BCUT2D eigenvalue weighted by Crippen LogP contribution is -2.48. The lowest BCUT2D eigenvalue weighted by molar-refractivity contribution is -0.222. The van der Waals surface area contributed by atoms with Crippen molar-refractivity contribution in [2.24, 2.45) is 5.92 Å². The summed E-state index contributed by atoms with van der Waals surface area (Å²) in [6.45, 7) is 10.0. The largest absolute Gasteiger partial charge is 0.511 e. The SMILES string of the molecule is CC(P)C(C)COC1(C)OC(=O)OC1(C)C. The average molecular weight is 248 g/mol. The second kappa shape index (κ2) is 4.50. The van der Waals surface area contributed by atoms with Gasteiger partial charge in [-0.15, -0.1) is 9.24 Å². The molecule has 1 fully saturated rings. The van der Waals surface area contributed by atoms with Crippen LogP contribution in [0.5, 0.6) is 0 Å². The molecule has 5 heteroatoms. The van der Waals surface area contributed by atoms with E-state index in [1.807, 2.05) is 0 Å². The highest BCUT2D eigenvalue weighted by Gasteiger charge is 2.55. The Bertz CT molecular complexity index is 277. The molecule has 4 nitrogen and oxygen atoms in total. The predicted octanol–water partition coefficient (Wildman–Crippen LogP) is 2.56. The Balaban J connectivity index is 2.62. The van der Waals surface area contributed by atoms with Crippen molar-refractivity contribution in [1.29, 1.82) is 0 Å². The van der Waals surface area contributed by atoms with E-state index >= 15 is 0 Å². The van der Waals surface area contributed by atoms with Crippen molar-refractivity contribution in [3.63, 3.8) is 0 Å². The lowest BCUT2D eigenvalue weighted by Gasteiger charge is -2.33. The maximum absolute atomic E-state index is 11.1. The molecule has 0 spiro atoms. The van der Waals surface area contributed by atoms with Crippen LogP contribution < -0.4 is 0 Å². The Morgan fingerprint density at radius 1 is 1.31 bits per heavy atom. The molecule has 1 saturated heterocycles. The topological polar surface area (TPSA) is 44.8 Å². The first-order valence-corrected chi connectivity index (χ1v) is 6.16. The highest BCUT2D eigenvalue weighted by molar-refractivity contribution is 7.17. The highest BCUT2D eigenvalue weighted by Crippen LogP contribution is 2.37. The zero-order valence-electron chi connectivity index (χ0n) is 10.6. The molecule has 0 aliphatic carbocycles. The van der Waals surface area contributed by atoms with Gasteiger partial charge in [0.2, 0.25) is 0 Å². The number of rotatable bonds is 4. The minimum Gasteiger partial charge on any atom is -0.421 e. The molecule has 0 amide bonds. The van der Waals surface area contributed by atoms with Gasteiger partial charge in [-0.25, -0.2) is 4.79 Å². The number of hydrogen-bond acceptors (Lipinski definition) is 4. The third kappa shape index (κ3) is 2.67. The summed E-state index contributed by atoms with van der Waals surface area (Å²) >= 11 is 0. The standard InChI is InChI=1S/C11H21O4P/c1-7(8(2)16)6-13-11(5)10(3,4)14-9(12)15-11/h7-8H,6,16H2,1-5H3. The molecule has 0 aromatic heterocycles. The molecule has 1 heterocycles. The van der Waals surface area contributed by atoms with Crippen molar-refractivity contribution in [1.82, 2.24) is 0 Å². The van der Waals surface area contributed by atoms with Crippen LogP contribution >= 0.6 is 9.24 Å². The molecule has 0 radical (unpaired) electrons. The molecule has 0 aromatic carbocycles.